The summed E-state index contributed by atoms with van der Waals surface area (Å²) in [4.78, 5) is 25.4. The molecular formula is C25H23F3N2O4. The molecule has 0 atom stereocenters. The number of nitrogens with one attached hydrogen (secondary N) is 2. The molecule has 0 saturated heterocycles. The van der Waals surface area contributed by atoms with Crippen molar-refractivity contribution in [2.24, 2.45) is 0 Å². The fourth-order valence-electron chi connectivity index (χ4n) is 3.12. The summed E-state index contributed by atoms with van der Waals surface area (Å²) in [6, 6.07) is 15.6. The lowest BCUT2D eigenvalue weighted by atomic mass is 10.1. The van der Waals surface area contributed by atoms with Crippen molar-refractivity contribution < 1.29 is 32.2 Å². The van der Waals surface area contributed by atoms with Crippen LogP contribution in [0, 0.1) is 0 Å². The van der Waals surface area contributed by atoms with Crippen LogP contribution in [0.1, 0.15) is 40.1 Å². The van der Waals surface area contributed by atoms with Crippen molar-refractivity contribution >= 4 is 23.2 Å². The quantitative estimate of drug-likeness (QED) is 0.421. The molecule has 0 unspecified atom stereocenters. The van der Waals surface area contributed by atoms with Crippen LogP contribution in [0.15, 0.2) is 66.7 Å². The number of halogens is 3. The fraction of sp³-hybridized carbons (Fsp3) is 0.200. The first-order valence-corrected chi connectivity index (χ1v) is 10.5. The van der Waals surface area contributed by atoms with E-state index in [0.29, 0.717) is 11.3 Å². The zero-order valence-corrected chi connectivity index (χ0v) is 18.5. The van der Waals surface area contributed by atoms with Crippen molar-refractivity contribution in [1.29, 1.82) is 0 Å². The Morgan fingerprint density at radius 3 is 1.74 bits per heavy atom. The van der Waals surface area contributed by atoms with Gasteiger partial charge in [0.2, 0.25) is 0 Å². The van der Waals surface area contributed by atoms with Crippen molar-refractivity contribution in [3.05, 3.63) is 83.4 Å². The number of anilines is 2. The topological polar surface area (TPSA) is 76.7 Å². The molecule has 6 nitrogen and oxygen atoms in total. The maximum absolute atomic E-state index is 13.0. The summed E-state index contributed by atoms with van der Waals surface area (Å²) in [5, 5.41) is 5.34. The lowest BCUT2D eigenvalue weighted by molar-refractivity contribution is -0.137. The Hall–Kier alpha value is -4.01. The molecule has 0 heterocycles. The van der Waals surface area contributed by atoms with Gasteiger partial charge < -0.3 is 20.1 Å². The Morgan fingerprint density at radius 2 is 1.24 bits per heavy atom. The largest absolute Gasteiger partial charge is 0.492 e. The van der Waals surface area contributed by atoms with Crippen LogP contribution in [0.2, 0.25) is 0 Å². The normalized spacial score (nSPS) is 11.0. The van der Waals surface area contributed by atoms with Crippen LogP contribution >= 0.6 is 0 Å². The Kier molecular flexibility index (Phi) is 7.78. The van der Waals surface area contributed by atoms with Crippen LogP contribution < -0.4 is 20.1 Å². The second kappa shape index (κ2) is 10.7. The predicted octanol–water partition coefficient (Wildman–Crippen LogP) is 6.01. The molecule has 9 heteroatoms. The van der Waals surface area contributed by atoms with Gasteiger partial charge in [-0.25, -0.2) is 0 Å². The molecule has 3 aromatic carbocycles. The first kappa shape index (κ1) is 24.6. The molecule has 0 radical (unpaired) electrons. The lowest BCUT2D eigenvalue weighted by Gasteiger charge is -2.18. The van der Waals surface area contributed by atoms with E-state index in [1.54, 1.807) is 44.2 Å². The lowest BCUT2D eigenvalue weighted by Crippen LogP contribution is -2.16. The monoisotopic (exact) mass is 472 g/mol. The molecule has 3 aromatic rings. The minimum Gasteiger partial charge on any atom is -0.492 e. The number of amides is 2. The van der Waals surface area contributed by atoms with Gasteiger partial charge in [-0.2, -0.15) is 13.2 Å². The van der Waals surface area contributed by atoms with Crippen LogP contribution in [0.25, 0.3) is 0 Å². The van der Waals surface area contributed by atoms with Crippen molar-refractivity contribution in [1.82, 2.24) is 0 Å². The first-order valence-electron chi connectivity index (χ1n) is 10.5. The van der Waals surface area contributed by atoms with Gasteiger partial charge in [-0.1, -0.05) is 24.3 Å². The number of carbonyl (C=O) groups is 2. The van der Waals surface area contributed by atoms with Gasteiger partial charge in [-0.05, 0) is 44.2 Å². The number of benzene rings is 3. The molecule has 0 spiro atoms. The highest BCUT2D eigenvalue weighted by Crippen LogP contribution is 2.37. The zero-order chi connectivity index (χ0) is 24.7. The first-order chi connectivity index (χ1) is 16.2. The fourth-order valence-corrected chi connectivity index (χ4v) is 3.12. The second-order valence-corrected chi connectivity index (χ2v) is 7.06. The summed E-state index contributed by atoms with van der Waals surface area (Å²) in [6.45, 7) is 3.99. The summed E-state index contributed by atoms with van der Waals surface area (Å²) in [6.07, 6.45) is -4.58. The molecule has 0 fully saturated rings. The van der Waals surface area contributed by atoms with Crippen molar-refractivity contribution in [3.8, 4) is 11.5 Å². The van der Waals surface area contributed by atoms with Crippen LogP contribution in [0.4, 0.5) is 24.5 Å². The number of hydrogen-bond acceptors (Lipinski definition) is 4. The van der Waals surface area contributed by atoms with Gasteiger partial charge in [0.25, 0.3) is 11.8 Å². The van der Waals surface area contributed by atoms with Crippen LogP contribution in [0.5, 0.6) is 11.5 Å². The van der Waals surface area contributed by atoms with Gasteiger partial charge in [0.05, 0.1) is 30.2 Å². The number of rotatable bonds is 8. The third-order valence-electron chi connectivity index (χ3n) is 4.67. The van der Waals surface area contributed by atoms with E-state index >= 15 is 0 Å². The van der Waals surface area contributed by atoms with Crippen molar-refractivity contribution in [3.63, 3.8) is 0 Å². The average Bonchev–Trinajstić information content (AvgIpc) is 2.82. The molecule has 0 saturated carbocycles. The van der Waals surface area contributed by atoms with E-state index in [4.69, 9.17) is 9.47 Å². The van der Waals surface area contributed by atoms with Crippen molar-refractivity contribution in [2.75, 3.05) is 23.8 Å². The Labute approximate surface area is 194 Å². The Morgan fingerprint density at radius 1 is 0.735 bits per heavy atom. The molecule has 2 amide bonds. The van der Waals surface area contributed by atoms with Gasteiger partial charge >= 0.3 is 6.18 Å². The van der Waals surface area contributed by atoms with Gasteiger partial charge in [-0.15, -0.1) is 0 Å². The summed E-state index contributed by atoms with van der Waals surface area (Å²) in [7, 11) is 0. The standard InChI is InChI=1S/C25H23F3N2O4/c1-3-33-21-15-20(30-24(32)17-11-8-12-18(13-17)25(26,27)28)22(34-4-2)14-19(21)29-23(31)16-9-6-5-7-10-16/h5-15H,3-4H2,1-2H3,(H,29,31)(H,30,32). The van der Waals surface area contributed by atoms with E-state index in [-0.39, 0.29) is 41.9 Å². The van der Waals surface area contributed by atoms with E-state index in [1.165, 1.54) is 18.2 Å². The van der Waals surface area contributed by atoms with E-state index < -0.39 is 17.6 Å². The van der Waals surface area contributed by atoms with Crippen LogP contribution in [0.3, 0.4) is 0 Å². The minimum absolute atomic E-state index is 0.170. The average molecular weight is 472 g/mol. The molecule has 34 heavy (non-hydrogen) atoms. The van der Waals surface area contributed by atoms with E-state index in [0.717, 1.165) is 18.2 Å². The van der Waals surface area contributed by atoms with Gasteiger partial charge in [0.1, 0.15) is 11.5 Å². The van der Waals surface area contributed by atoms with Gasteiger partial charge in [0.15, 0.2) is 0 Å². The molecule has 0 aliphatic rings. The van der Waals surface area contributed by atoms with E-state index in [2.05, 4.69) is 10.6 Å². The molecule has 0 bridgehead atoms. The van der Waals surface area contributed by atoms with Gasteiger partial charge in [-0.3, -0.25) is 9.59 Å². The number of alkyl halides is 3. The van der Waals surface area contributed by atoms with E-state index in [1.807, 2.05) is 0 Å². The highest BCUT2D eigenvalue weighted by Gasteiger charge is 2.31. The molecular weight excluding hydrogens is 449 g/mol. The molecule has 0 aromatic heterocycles. The maximum Gasteiger partial charge on any atom is 0.416 e. The third kappa shape index (κ3) is 6.06. The smallest absolute Gasteiger partial charge is 0.416 e. The highest BCUT2D eigenvalue weighted by molar-refractivity contribution is 6.07. The highest BCUT2D eigenvalue weighted by atomic mass is 19.4. The summed E-state index contributed by atoms with van der Waals surface area (Å²) < 4.78 is 50.3. The van der Waals surface area contributed by atoms with Crippen LogP contribution in [-0.2, 0) is 6.18 Å². The Balaban J connectivity index is 1.93. The summed E-state index contributed by atoms with van der Waals surface area (Å²) in [5.74, 6) is -0.649. The van der Waals surface area contributed by atoms with Gasteiger partial charge in [0, 0.05) is 23.3 Å². The minimum atomic E-state index is -4.58. The Bertz CT molecular complexity index is 1160. The second-order valence-electron chi connectivity index (χ2n) is 7.06. The molecule has 3 rings (SSSR count). The van der Waals surface area contributed by atoms with Crippen molar-refractivity contribution in [2.45, 2.75) is 20.0 Å². The summed E-state index contributed by atoms with van der Waals surface area (Å²) >= 11 is 0. The van der Waals surface area contributed by atoms with Crippen LogP contribution in [-0.4, -0.2) is 25.0 Å². The summed E-state index contributed by atoms with van der Waals surface area (Å²) in [5.41, 5.74) is -0.165. The maximum atomic E-state index is 13.0. The number of hydrogen-bond donors (Lipinski definition) is 2. The zero-order valence-electron chi connectivity index (χ0n) is 18.5. The van der Waals surface area contributed by atoms with E-state index in [9.17, 15) is 22.8 Å². The molecule has 178 valence electrons. The third-order valence-corrected chi connectivity index (χ3v) is 4.67. The molecule has 2 N–H and O–H groups in total. The number of ether oxygens (including phenoxy) is 2. The number of carbonyl (C=O) groups excluding carboxylic acids is 2. The SMILES string of the molecule is CCOc1cc(NC(=O)c2cccc(C(F)(F)F)c2)c(OCC)cc1NC(=O)c1ccccc1. The molecule has 0 aliphatic heterocycles. The predicted molar refractivity (Wildman–Crippen MR) is 123 cm³/mol. The molecule has 0 aliphatic carbocycles.